The number of ether oxygens (including phenoxy) is 2. The lowest BCUT2D eigenvalue weighted by atomic mass is 10.1. The van der Waals surface area contributed by atoms with Crippen molar-refractivity contribution in [1.29, 1.82) is 0 Å². The predicted octanol–water partition coefficient (Wildman–Crippen LogP) is 3.23. The second-order valence-electron chi connectivity index (χ2n) is 6.58. The summed E-state index contributed by atoms with van der Waals surface area (Å²) in [7, 11) is 1.50. The molecule has 1 aliphatic rings. The molecule has 0 saturated carbocycles. The summed E-state index contributed by atoms with van der Waals surface area (Å²) in [5, 5.41) is 29.6. The zero-order valence-corrected chi connectivity index (χ0v) is 18.6. The largest absolute Gasteiger partial charge is 0.496 e. The number of carboxylic acid groups (broad SMARTS) is 1. The van der Waals surface area contributed by atoms with E-state index in [0.717, 1.165) is 11.8 Å². The first-order valence-corrected chi connectivity index (χ1v) is 10.6. The van der Waals surface area contributed by atoms with E-state index < -0.39 is 22.0 Å². The van der Waals surface area contributed by atoms with Crippen molar-refractivity contribution in [2.24, 2.45) is 10.2 Å². The summed E-state index contributed by atoms with van der Waals surface area (Å²) >= 11 is 7.06. The minimum absolute atomic E-state index is 0.0691. The Bertz CT molecular complexity index is 1160. The number of nitro groups is 1. The molecule has 0 spiro atoms. The molecule has 2 N–H and O–H groups in total. The number of thioether (sulfide) groups is 1. The number of non-ortho nitro benzene ring substituents is 1. The van der Waals surface area contributed by atoms with Crippen LogP contribution in [0, 0.1) is 10.1 Å². The van der Waals surface area contributed by atoms with Crippen LogP contribution in [0.5, 0.6) is 11.5 Å². The fourth-order valence-electron chi connectivity index (χ4n) is 2.76. The maximum absolute atomic E-state index is 11.7. The van der Waals surface area contributed by atoms with E-state index in [4.69, 9.17) is 26.2 Å². The van der Waals surface area contributed by atoms with Gasteiger partial charge in [-0.3, -0.25) is 19.7 Å². The normalized spacial score (nSPS) is 16.7. The van der Waals surface area contributed by atoms with Crippen molar-refractivity contribution in [2.75, 3.05) is 7.11 Å². The lowest BCUT2D eigenvalue weighted by Gasteiger charge is -2.12. The predicted molar refractivity (Wildman–Crippen MR) is 122 cm³/mol. The van der Waals surface area contributed by atoms with Gasteiger partial charge in [-0.25, -0.2) is 0 Å². The van der Waals surface area contributed by atoms with E-state index in [2.05, 4.69) is 15.5 Å². The Labute approximate surface area is 196 Å². The zero-order chi connectivity index (χ0) is 24.0. The molecule has 0 aliphatic carbocycles. The number of amides is 1. The van der Waals surface area contributed by atoms with Gasteiger partial charge in [-0.05, 0) is 29.8 Å². The fraction of sp³-hybridized carbons (Fsp3) is 0.200. The molecule has 3 rings (SSSR count). The second kappa shape index (κ2) is 10.8. The van der Waals surface area contributed by atoms with Gasteiger partial charge in [0.15, 0.2) is 5.17 Å². The standard InChI is InChI=1S/C20H17ClN4O7S/c1-31-15-4-2-11(9-22-24-20-23-19(28)17(33-20)8-18(26)27)6-12(15)10-32-16-5-3-13(25(29)30)7-14(16)21/h2-7,9,17H,8,10H2,1H3,(H,26,27)(H,23,24,28). The summed E-state index contributed by atoms with van der Waals surface area (Å²) in [6.07, 6.45) is 1.14. The molecule has 1 amide bonds. The van der Waals surface area contributed by atoms with Crippen molar-refractivity contribution in [1.82, 2.24) is 5.32 Å². The van der Waals surface area contributed by atoms with Gasteiger partial charge in [0.25, 0.3) is 5.69 Å². The lowest BCUT2D eigenvalue weighted by Crippen LogP contribution is -2.26. The van der Waals surface area contributed by atoms with Crippen LogP contribution >= 0.6 is 23.4 Å². The summed E-state index contributed by atoms with van der Waals surface area (Å²) in [6.45, 7) is 0.0691. The molecule has 2 aromatic rings. The molecule has 2 aromatic carbocycles. The Kier molecular flexibility index (Phi) is 7.85. The van der Waals surface area contributed by atoms with Crippen molar-refractivity contribution in [3.8, 4) is 11.5 Å². The van der Waals surface area contributed by atoms with Gasteiger partial charge in [-0.15, -0.1) is 5.10 Å². The number of aliphatic carboxylic acids is 1. The minimum atomic E-state index is -1.07. The van der Waals surface area contributed by atoms with Crippen LogP contribution in [0.15, 0.2) is 46.6 Å². The number of carbonyl (C=O) groups is 2. The third kappa shape index (κ3) is 6.43. The zero-order valence-electron chi connectivity index (χ0n) is 17.1. The minimum Gasteiger partial charge on any atom is -0.496 e. The number of amidine groups is 1. The number of benzene rings is 2. The molecule has 1 atom stereocenters. The van der Waals surface area contributed by atoms with Crippen LogP contribution in [0.3, 0.4) is 0 Å². The van der Waals surface area contributed by atoms with Crippen LogP contribution in [-0.2, 0) is 16.2 Å². The first kappa shape index (κ1) is 24.0. The maximum Gasteiger partial charge on any atom is 0.305 e. The number of halogens is 1. The van der Waals surface area contributed by atoms with Crippen LogP contribution in [0.4, 0.5) is 5.69 Å². The van der Waals surface area contributed by atoms with Crippen molar-refractivity contribution in [3.63, 3.8) is 0 Å². The first-order chi connectivity index (χ1) is 15.8. The summed E-state index contributed by atoms with van der Waals surface area (Å²) in [5.41, 5.74) is 1.18. The number of carboxylic acids is 1. The van der Waals surface area contributed by atoms with Crippen LogP contribution in [0.1, 0.15) is 17.5 Å². The molecule has 33 heavy (non-hydrogen) atoms. The Morgan fingerprint density at radius 1 is 1.33 bits per heavy atom. The smallest absolute Gasteiger partial charge is 0.305 e. The van der Waals surface area contributed by atoms with Crippen molar-refractivity contribution in [3.05, 3.63) is 62.7 Å². The molecule has 172 valence electrons. The van der Waals surface area contributed by atoms with E-state index in [1.54, 1.807) is 18.2 Å². The van der Waals surface area contributed by atoms with E-state index in [1.165, 1.54) is 31.5 Å². The van der Waals surface area contributed by atoms with Crippen LogP contribution in [0.25, 0.3) is 0 Å². The Hall–Kier alpha value is -3.64. The molecule has 1 unspecified atom stereocenters. The Morgan fingerprint density at radius 3 is 2.76 bits per heavy atom. The van der Waals surface area contributed by atoms with Gasteiger partial charge in [0.05, 0.1) is 29.7 Å². The molecule has 1 aliphatic heterocycles. The molecule has 0 aromatic heterocycles. The van der Waals surface area contributed by atoms with E-state index in [9.17, 15) is 19.7 Å². The molecular formula is C20H17ClN4O7S. The first-order valence-electron chi connectivity index (χ1n) is 9.31. The monoisotopic (exact) mass is 492 g/mol. The SMILES string of the molecule is COc1ccc(C=NN=C2NC(=O)C(CC(=O)O)S2)cc1COc1ccc([N+](=O)[O-])cc1Cl. The number of nitro benzene ring substituents is 1. The highest BCUT2D eigenvalue weighted by Gasteiger charge is 2.32. The van der Waals surface area contributed by atoms with Gasteiger partial charge < -0.3 is 19.9 Å². The van der Waals surface area contributed by atoms with E-state index in [1.807, 2.05) is 0 Å². The highest BCUT2D eigenvalue weighted by Crippen LogP contribution is 2.30. The highest BCUT2D eigenvalue weighted by atomic mass is 35.5. The number of methoxy groups -OCH3 is 1. The van der Waals surface area contributed by atoms with Crippen molar-refractivity contribution >= 4 is 52.3 Å². The Morgan fingerprint density at radius 2 is 2.09 bits per heavy atom. The summed E-state index contributed by atoms with van der Waals surface area (Å²) in [6, 6.07) is 9.10. The van der Waals surface area contributed by atoms with Crippen LogP contribution < -0.4 is 14.8 Å². The molecular weight excluding hydrogens is 476 g/mol. The number of hydrogen-bond donors (Lipinski definition) is 2. The molecule has 1 fully saturated rings. The van der Waals surface area contributed by atoms with Gasteiger partial charge in [0, 0.05) is 17.7 Å². The van der Waals surface area contributed by atoms with Gasteiger partial charge >= 0.3 is 5.97 Å². The molecule has 0 radical (unpaired) electrons. The number of hydrogen-bond acceptors (Lipinski definition) is 9. The van der Waals surface area contributed by atoms with E-state index in [-0.39, 0.29) is 34.7 Å². The number of nitrogens with one attached hydrogen (secondary N) is 1. The van der Waals surface area contributed by atoms with Gasteiger partial charge in [-0.2, -0.15) is 5.10 Å². The van der Waals surface area contributed by atoms with Crippen molar-refractivity contribution in [2.45, 2.75) is 18.3 Å². The average Bonchev–Trinajstić information content (AvgIpc) is 3.11. The van der Waals surface area contributed by atoms with Crippen LogP contribution in [-0.4, -0.2) is 45.6 Å². The third-order valence-electron chi connectivity index (χ3n) is 4.31. The number of nitrogens with zero attached hydrogens (tertiary/aromatic N) is 3. The fourth-order valence-corrected chi connectivity index (χ4v) is 3.91. The summed E-state index contributed by atoms with van der Waals surface area (Å²) in [5.74, 6) is -0.674. The highest BCUT2D eigenvalue weighted by molar-refractivity contribution is 8.15. The quantitative estimate of drug-likeness (QED) is 0.307. The number of carbonyl (C=O) groups excluding carboxylic acids is 1. The molecule has 13 heteroatoms. The summed E-state index contributed by atoms with van der Waals surface area (Å²) in [4.78, 5) is 32.8. The van der Waals surface area contributed by atoms with E-state index in [0.29, 0.717) is 16.9 Å². The summed E-state index contributed by atoms with van der Waals surface area (Å²) < 4.78 is 11.0. The maximum atomic E-state index is 11.7. The lowest BCUT2D eigenvalue weighted by molar-refractivity contribution is -0.384. The van der Waals surface area contributed by atoms with Crippen LogP contribution in [0.2, 0.25) is 5.02 Å². The molecule has 11 nitrogen and oxygen atoms in total. The second-order valence-corrected chi connectivity index (χ2v) is 8.17. The molecule has 0 bridgehead atoms. The third-order valence-corrected chi connectivity index (χ3v) is 5.67. The van der Waals surface area contributed by atoms with E-state index >= 15 is 0 Å². The molecule has 1 saturated heterocycles. The van der Waals surface area contributed by atoms with Gasteiger partial charge in [-0.1, -0.05) is 23.4 Å². The molecule has 1 heterocycles. The van der Waals surface area contributed by atoms with Crippen molar-refractivity contribution < 1.29 is 29.1 Å². The average molecular weight is 493 g/mol. The topological polar surface area (TPSA) is 153 Å². The number of rotatable bonds is 9. The van der Waals surface area contributed by atoms with Gasteiger partial charge in [0.2, 0.25) is 5.91 Å². The van der Waals surface area contributed by atoms with Gasteiger partial charge in [0.1, 0.15) is 23.4 Å². The Balaban J connectivity index is 1.69.